The highest BCUT2D eigenvalue weighted by molar-refractivity contribution is 7.89. The zero-order valence-electron chi connectivity index (χ0n) is 12.3. The Hall–Kier alpha value is -1.11. The average Bonchev–Trinajstić information content (AvgIpc) is 2.36. The Kier molecular flexibility index (Phi) is 4.36. The number of sulfonamides is 1. The summed E-state index contributed by atoms with van der Waals surface area (Å²) in [6, 6.07) is 5.36. The second-order valence-corrected chi connectivity index (χ2v) is 7.38. The topological polar surface area (TPSA) is 75.4 Å². The Balaban J connectivity index is 2.17. The predicted molar refractivity (Wildman–Crippen MR) is 81.0 cm³/mol. The summed E-state index contributed by atoms with van der Waals surface area (Å²) in [4.78, 5) is 2.53. The number of rotatable bonds is 3. The summed E-state index contributed by atoms with van der Waals surface area (Å²) in [6.07, 6.45) is 1.67. The van der Waals surface area contributed by atoms with E-state index in [2.05, 4.69) is 23.6 Å². The van der Waals surface area contributed by atoms with Crippen LogP contribution in [0.25, 0.3) is 0 Å². The van der Waals surface area contributed by atoms with Crippen molar-refractivity contribution in [2.75, 3.05) is 19.3 Å². The van der Waals surface area contributed by atoms with E-state index in [1.165, 1.54) is 6.07 Å². The van der Waals surface area contributed by atoms with Gasteiger partial charge >= 0.3 is 0 Å². The van der Waals surface area contributed by atoms with Crippen molar-refractivity contribution in [3.8, 4) is 0 Å². The van der Waals surface area contributed by atoms with Crippen LogP contribution in [0.2, 0.25) is 0 Å². The van der Waals surface area contributed by atoms with E-state index < -0.39 is 10.0 Å². The van der Waals surface area contributed by atoms with Crippen molar-refractivity contribution >= 4 is 15.7 Å². The number of nitrogens with one attached hydrogen (secondary N) is 1. The largest absolute Gasteiger partial charge is 0.399 e. The molecular weight excluding hydrogens is 274 g/mol. The van der Waals surface area contributed by atoms with Gasteiger partial charge in [-0.1, -0.05) is 6.07 Å². The lowest BCUT2D eigenvalue weighted by Crippen LogP contribution is -2.47. The highest BCUT2D eigenvalue weighted by atomic mass is 32.2. The molecule has 0 bridgehead atoms. The lowest BCUT2D eigenvalue weighted by atomic mass is 10.0. The van der Waals surface area contributed by atoms with Crippen molar-refractivity contribution < 1.29 is 8.42 Å². The van der Waals surface area contributed by atoms with Crippen LogP contribution in [-0.4, -0.2) is 39.0 Å². The van der Waals surface area contributed by atoms with Crippen molar-refractivity contribution in [3.63, 3.8) is 0 Å². The van der Waals surface area contributed by atoms with Gasteiger partial charge in [0.05, 0.1) is 4.90 Å². The third-order valence-electron chi connectivity index (χ3n) is 4.03. The molecule has 1 aliphatic rings. The van der Waals surface area contributed by atoms with Crippen LogP contribution in [0.3, 0.4) is 0 Å². The molecule has 1 aromatic carbocycles. The molecule has 2 rings (SSSR count). The van der Waals surface area contributed by atoms with Gasteiger partial charge < -0.3 is 10.6 Å². The van der Waals surface area contributed by atoms with E-state index >= 15 is 0 Å². The Morgan fingerprint density at radius 1 is 1.40 bits per heavy atom. The van der Waals surface area contributed by atoms with Crippen molar-refractivity contribution in [1.29, 1.82) is 0 Å². The van der Waals surface area contributed by atoms with Crippen LogP contribution in [-0.2, 0) is 10.0 Å². The van der Waals surface area contributed by atoms with Gasteiger partial charge in [-0.2, -0.15) is 0 Å². The zero-order valence-corrected chi connectivity index (χ0v) is 13.1. The van der Waals surface area contributed by atoms with Gasteiger partial charge in [0.1, 0.15) is 0 Å². The molecule has 0 spiro atoms. The quantitative estimate of drug-likeness (QED) is 0.826. The molecule has 20 heavy (non-hydrogen) atoms. The number of nitrogen functional groups attached to an aromatic ring is 1. The molecule has 2 unspecified atom stereocenters. The maximum atomic E-state index is 12.5. The van der Waals surface area contributed by atoms with Crippen molar-refractivity contribution in [1.82, 2.24) is 9.62 Å². The molecule has 0 aromatic heterocycles. The first-order chi connectivity index (χ1) is 9.29. The molecule has 1 aliphatic heterocycles. The molecule has 5 nitrogen and oxygen atoms in total. The highest BCUT2D eigenvalue weighted by Gasteiger charge is 2.27. The average molecular weight is 297 g/mol. The maximum Gasteiger partial charge on any atom is 0.241 e. The van der Waals surface area contributed by atoms with Gasteiger partial charge in [-0.15, -0.1) is 0 Å². The minimum Gasteiger partial charge on any atom is -0.399 e. The first kappa shape index (κ1) is 15.3. The van der Waals surface area contributed by atoms with E-state index in [0.717, 1.165) is 19.4 Å². The number of hydrogen-bond acceptors (Lipinski definition) is 4. The molecule has 0 amide bonds. The number of piperidine rings is 1. The highest BCUT2D eigenvalue weighted by Crippen LogP contribution is 2.21. The van der Waals surface area contributed by atoms with Gasteiger partial charge in [-0.05, 0) is 58.0 Å². The molecule has 1 heterocycles. The smallest absolute Gasteiger partial charge is 0.241 e. The summed E-state index contributed by atoms with van der Waals surface area (Å²) in [5, 5.41) is 0. The standard InChI is InChI=1S/C14H23N3O2S/c1-10-4-5-12(15)9-14(10)20(18,19)16-13-6-7-17(3)11(2)8-13/h4-5,9,11,13,16H,6-8,15H2,1-3H3. The van der Waals surface area contributed by atoms with E-state index in [9.17, 15) is 8.42 Å². The maximum absolute atomic E-state index is 12.5. The molecule has 1 fully saturated rings. The normalized spacial score (nSPS) is 24.8. The minimum atomic E-state index is -3.50. The Labute approximate surface area is 121 Å². The molecular formula is C14H23N3O2S. The van der Waals surface area contributed by atoms with E-state index in [4.69, 9.17) is 5.73 Å². The Morgan fingerprint density at radius 2 is 2.10 bits per heavy atom. The van der Waals surface area contributed by atoms with Crippen LogP contribution >= 0.6 is 0 Å². The van der Waals surface area contributed by atoms with Crippen LogP contribution in [0, 0.1) is 6.92 Å². The van der Waals surface area contributed by atoms with Crippen LogP contribution in [0.4, 0.5) is 5.69 Å². The first-order valence-electron chi connectivity index (χ1n) is 6.88. The summed E-state index contributed by atoms with van der Waals surface area (Å²) in [6.45, 7) is 4.81. The molecule has 112 valence electrons. The van der Waals surface area contributed by atoms with Gasteiger partial charge in [0.2, 0.25) is 10.0 Å². The molecule has 1 aromatic rings. The second kappa shape index (κ2) is 5.71. The molecule has 3 N–H and O–H groups in total. The number of likely N-dealkylation sites (tertiary alicyclic amines) is 1. The number of anilines is 1. The van der Waals surface area contributed by atoms with E-state index in [1.54, 1.807) is 19.1 Å². The predicted octanol–water partition coefficient (Wildman–Crippen LogP) is 1.34. The van der Waals surface area contributed by atoms with E-state index in [0.29, 0.717) is 17.3 Å². The van der Waals surface area contributed by atoms with E-state index in [-0.39, 0.29) is 10.9 Å². The minimum absolute atomic E-state index is 0.00738. The second-order valence-electron chi connectivity index (χ2n) is 5.70. The Bertz CT molecular complexity index is 586. The number of hydrogen-bond donors (Lipinski definition) is 2. The van der Waals surface area contributed by atoms with Crippen molar-refractivity contribution in [2.45, 2.75) is 43.7 Å². The summed E-state index contributed by atoms with van der Waals surface area (Å²) >= 11 is 0. The fourth-order valence-electron chi connectivity index (χ4n) is 2.59. The summed E-state index contributed by atoms with van der Waals surface area (Å²) < 4.78 is 27.8. The molecule has 2 atom stereocenters. The van der Waals surface area contributed by atoms with E-state index in [1.807, 2.05) is 0 Å². The van der Waals surface area contributed by atoms with Gasteiger partial charge in [0.15, 0.2) is 0 Å². The van der Waals surface area contributed by atoms with Crippen LogP contribution in [0.15, 0.2) is 23.1 Å². The fourth-order valence-corrected chi connectivity index (χ4v) is 4.15. The summed E-state index contributed by atoms with van der Waals surface area (Å²) in [5.74, 6) is 0. The van der Waals surface area contributed by atoms with Gasteiger partial charge in [0, 0.05) is 17.8 Å². The number of nitrogens with two attached hydrogens (primary N) is 1. The Morgan fingerprint density at radius 3 is 2.75 bits per heavy atom. The van der Waals surface area contributed by atoms with Crippen LogP contribution in [0.5, 0.6) is 0 Å². The number of nitrogens with zero attached hydrogens (tertiary/aromatic N) is 1. The van der Waals surface area contributed by atoms with Crippen molar-refractivity contribution in [3.05, 3.63) is 23.8 Å². The summed E-state index contributed by atoms with van der Waals surface area (Å²) in [7, 11) is -1.44. The molecule has 0 saturated carbocycles. The van der Waals surface area contributed by atoms with Crippen LogP contribution < -0.4 is 10.5 Å². The molecule has 1 saturated heterocycles. The lowest BCUT2D eigenvalue weighted by Gasteiger charge is -2.35. The van der Waals surface area contributed by atoms with Crippen LogP contribution in [0.1, 0.15) is 25.3 Å². The lowest BCUT2D eigenvalue weighted by molar-refractivity contribution is 0.178. The van der Waals surface area contributed by atoms with Gasteiger partial charge in [-0.25, -0.2) is 13.1 Å². The van der Waals surface area contributed by atoms with Gasteiger partial charge in [0.25, 0.3) is 0 Å². The summed E-state index contributed by atoms with van der Waals surface area (Å²) in [5.41, 5.74) is 6.88. The number of aryl methyl sites for hydroxylation is 1. The third-order valence-corrected chi connectivity index (χ3v) is 5.69. The zero-order chi connectivity index (χ0) is 14.9. The number of benzene rings is 1. The molecule has 0 aliphatic carbocycles. The monoisotopic (exact) mass is 297 g/mol. The third kappa shape index (κ3) is 3.31. The van der Waals surface area contributed by atoms with Gasteiger partial charge in [-0.3, -0.25) is 0 Å². The molecule has 0 radical (unpaired) electrons. The fraction of sp³-hybridized carbons (Fsp3) is 0.571. The van der Waals surface area contributed by atoms with Crippen molar-refractivity contribution in [2.24, 2.45) is 0 Å². The SMILES string of the molecule is Cc1ccc(N)cc1S(=O)(=O)NC1CCN(C)C(C)C1. The first-order valence-corrected chi connectivity index (χ1v) is 8.36. The molecule has 6 heteroatoms.